The minimum atomic E-state index is 0.748. The van der Waals surface area contributed by atoms with Gasteiger partial charge >= 0.3 is 0 Å². The van der Waals surface area contributed by atoms with Crippen LogP contribution in [0.4, 0.5) is 0 Å². The van der Waals surface area contributed by atoms with E-state index in [0.717, 1.165) is 55.4 Å². The van der Waals surface area contributed by atoms with Crippen LogP contribution in [0.1, 0.15) is 0 Å². The van der Waals surface area contributed by atoms with E-state index in [4.69, 9.17) is 21.6 Å². The zero-order valence-corrected chi connectivity index (χ0v) is 24.4. The number of hydrogen-bond acceptors (Lipinski definition) is 3. The van der Waals surface area contributed by atoms with Crippen molar-refractivity contribution in [3.05, 3.63) is 138 Å². The summed E-state index contributed by atoms with van der Waals surface area (Å²) >= 11 is 8.58. The highest BCUT2D eigenvalue weighted by molar-refractivity contribution is 7.99. The fraction of sp³-hybridized carbons (Fsp3) is 0. The van der Waals surface area contributed by atoms with Gasteiger partial charge in [0.15, 0.2) is 0 Å². The van der Waals surface area contributed by atoms with Crippen molar-refractivity contribution in [1.29, 1.82) is 0 Å². The molecule has 0 N–H and O–H groups in total. The van der Waals surface area contributed by atoms with Crippen molar-refractivity contribution in [2.75, 3.05) is 0 Å². The molecule has 0 saturated carbocycles. The van der Waals surface area contributed by atoms with E-state index >= 15 is 0 Å². The molecule has 0 atom stereocenters. The maximum Gasteiger partial charge on any atom is 0.0973 e. The average Bonchev–Trinajstić information content (AvgIpc) is 3.41. The summed E-state index contributed by atoms with van der Waals surface area (Å²) in [5.74, 6) is 0. The van der Waals surface area contributed by atoms with Crippen molar-refractivity contribution < 1.29 is 0 Å². The van der Waals surface area contributed by atoms with Gasteiger partial charge in [-0.15, -0.1) is 0 Å². The van der Waals surface area contributed by atoms with E-state index in [1.165, 1.54) is 31.6 Å². The van der Waals surface area contributed by atoms with Gasteiger partial charge in [0.25, 0.3) is 0 Å². The Labute approximate surface area is 257 Å². The molecule has 0 aliphatic carbocycles. The Morgan fingerprint density at radius 2 is 1.16 bits per heavy atom. The Morgan fingerprint density at radius 1 is 0.512 bits per heavy atom. The molecule has 0 saturated heterocycles. The second-order valence-electron chi connectivity index (χ2n) is 10.7. The number of rotatable bonds is 3. The van der Waals surface area contributed by atoms with Crippen molar-refractivity contribution in [2.45, 2.75) is 9.79 Å². The summed E-state index contributed by atoms with van der Waals surface area (Å²) in [4.78, 5) is 12.7. The second kappa shape index (κ2) is 9.56. The van der Waals surface area contributed by atoms with Crippen LogP contribution in [0.15, 0.2) is 143 Å². The number of para-hydroxylation sites is 4. The summed E-state index contributed by atoms with van der Waals surface area (Å²) in [6, 6.07) is 46.4. The number of aromatic nitrogens is 3. The van der Waals surface area contributed by atoms with E-state index in [9.17, 15) is 0 Å². The van der Waals surface area contributed by atoms with Crippen LogP contribution < -0.4 is 0 Å². The molecule has 0 radical (unpaired) electrons. The summed E-state index contributed by atoms with van der Waals surface area (Å²) < 4.78 is 2.43. The molecule has 0 unspecified atom stereocenters. The van der Waals surface area contributed by atoms with Gasteiger partial charge in [0.1, 0.15) is 0 Å². The summed E-state index contributed by atoms with van der Waals surface area (Å²) in [7, 11) is 0. The summed E-state index contributed by atoms with van der Waals surface area (Å²) in [5.41, 5.74) is 11.3. The Morgan fingerprint density at radius 3 is 1.95 bits per heavy atom. The van der Waals surface area contributed by atoms with E-state index in [0.29, 0.717) is 0 Å². The first kappa shape index (κ1) is 24.7. The quantitative estimate of drug-likeness (QED) is 0.206. The van der Waals surface area contributed by atoms with Crippen LogP contribution in [0, 0.1) is 0 Å². The summed E-state index contributed by atoms with van der Waals surface area (Å²) in [6.07, 6.45) is 0. The highest BCUT2D eigenvalue weighted by Crippen LogP contribution is 2.50. The largest absolute Gasteiger partial charge is 0.306 e. The van der Waals surface area contributed by atoms with E-state index in [1.54, 1.807) is 0 Å². The number of fused-ring (bicyclic) bond motifs is 6. The third kappa shape index (κ3) is 3.77. The molecule has 0 amide bonds. The molecule has 1 aliphatic heterocycles. The lowest BCUT2D eigenvalue weighted by Gasteiger charge is -2.22. The van der Waals surface area contributed by atoms with Crippen molar-refractivity contribution >= 4 is 56.2 Å². The predicted octanol–water partition coefficient (Wildman–Crippen LogP) is 10.8. The molecule has 202 valence electrons. The number of benzene rings is 6. The molecule has 6 aromatic carbocycles. The lowest BCUT2D eigenvalue weighted by Crippen LogP contribution is -2.03. The Hall–Kier alpha value is -4.90. The van der Waals surface area contributed by atoms with Gasteiger partial charge in [-0.2, -0.15) is 0 Å². The van der Waals surface area contributed by atoms with Crippen molar-refractivity contribution in [3.63, 3.8) is 0 Å². The van der Waals surface area contributed by atoms with Gasteiger partial charge in [0.05, 0.1) is 39.1 Å². The van der Waals surface area contributed by atoms with Gasteiger partial charge in [-0.1, -0.05) is 120 Å². The van der Waals surface area contributed by atoms with Crippen LogP contribution in [0.2, 0.25) is 5.02 Å². The third-order valence-electron chi connectivity index (χ3n) is 8.25. The Kier molecular flexibility index (Phi) is 5.49. The van der Waals surface area contributed by atoms with Crippen LogP contribution in [0.5, 0.6) is 0 Å². The first-order valence-corrected chi connectivity index (χ1v) is 15.4. The molecule has 0 spiro atoms. The molecule has 9 rings (SSSR count). The van der Waals surface area contributed by atoms with E-state index in [-0.39, 0.29) is 0 Å². The smallest absolute Gasteiger partial charge is 0.0973 e. The lowest BCUT2D eigenvalue weighted by molar-refractivity contribution is 1.09. The van der Waals surface area contributed by atoms with Gasteiger partial charge in [-0.05, 0) is 36.4 Å². The van der Waals surface area contributed by atoms with Crippen molar-refractivity contribution in [2.24, 2.45) is 0 Å². The van der Waals surface area contributed by atoms with Crippen LogP contribution in [-0.2, 0) is 0 Å². The van der Waals surface area contributed by atoms with Crippen LogP contribution in [0.25, 0.3) is 72.2 Å². The zero-order valence-electron chi connectivity index (χ0n) is 22.8. The molecule has 43 heavy (non-hydrogen) atoms. The number of nitrogens with zero attached hydrogens (tertiary/aromatic N) is 3. The highest BCUT2D eigenvalue weighted by atomic mass is 35.5. The monoisotopic (exact) mass is 587 g/mol. The average molecular weight is 588 g/mol. The van der Waals surface area contributed by atoms with Gasteiger partial charge in [0, 0.05) is 47.8 Å². The van der Waals surface area contributed by atoms with Gasteiger partial charge in [-0.3, -0.25) is 0 Å². The molecule has 3 heterocycles. The molecule has 5 heteroatoms. The Balaban J connectivity index is 1.32. The lowest BCUT2D eigenvalue weighted by atomic mass is 10.0. The Bertz CT molecular complexity index is 2390. The molecular formula is C38H22ClN3S. The van der Waals surface area contributed by atoms with Crippen LogP contribution in [0.3, 0.4) is 0 Å². The van der Waals surface area contributed by atoms with Gasteiger partial charge < -0.3 is 4.57 Å². The van der Waals surface area contributed by atoms with E-state index in [2.05, 4.69) is 95.6 Å². The minimum absolute atomic E-state index is 0.748. The maximum absolute atomic E-state index is 6.77. The topological polar surface area (TPSA) is 30.7 Å². The van der Waals surface area contributed by atoms with E-state index in [1.807, 2.05) is 54.2 Å². The predicted molar refractivity (Wildman–Crippen MR) is 179 cm³/mol. The first-order valence-electron chi connectivity index (χ1n) is 14.2. The zero-order chi connectivity index (χ0) is 28.5. The second-order valence-corrected chi connectivity index (χ2v) is 12.2. The molecule has 8 aromatic rings. The molecule has 0 bridgehead atoms. The van der Waals surface area contributed by atoms with Crippen LogP contribution >= 0.6 is 23.4 Å². The third-order valence-corrected chi connectivity index (χ3v) is 9.67. The van der Waals surface area contributed by atoms with Crippen molar-refractivity contribution in [3.8, 4) is 39.3 Å². The SMILES string of the molecule is Clc1ccccc1-c1cccc2c3cccc4c3n(c12)-c1ccc(-c2nc3ccccc3nc2-c2ccccc2)cc1S4. The molecule has 1 aliphatic rings. The summed E-state index contributed by atoms with van der Waals surface area (Å²) in [5, 5.41) is 3.21. The normalized spacial score (nSPS) is 12.2. The molecular weight excluding hydrogens is 566 g/mol. The fourth-order valence-corrected chi connectivity index (χ4v) is 7.72. The number of halogens is 1. The minimum Gasteiger partial charge on any atom is -0.306 e. The van der Waals surface area contributed by atoms with Crippen molar-refractivity contribution in [1.82, 2.24) is 14.5 Å². The van der Waals surface area contributed by atoms with E-state index < -0.39 is 0 Å². The van der Waals surface area contributed by atoms with Crippen LogP contribution in [-0.4, -0.2) is 14.5 Å². The molecule has 2 aromatic heterocycles. The fourth-order valence-electron chi connectivity index (χ4n) is 6.35. The highest BCUT2D eigenvalue weighted by Gasteiger charge is 2.26. The first-order chi connectivity index (χ1) is 21.2. The van der Waals surface area contributed by atoms with Gasteiger partial charge in [0.2, 0.25) is 0 Å². The molecule has 3 nitrogen and oxygen atoms in total. The standard InChI is InChI=1S/C38H22ClN3S/c39-29-16-5-4-12-25(29)26-13-8-14-27-28-15-9-19-33-38(28)42(37(26)27)32-21-20-24(22-34(32)43-33)36-35(23-10-2-1-3-11-23)40-30-17-6-7-18-31(30)41-36/h1-22H. The maximum atomic E-state index is 6.77. The molecule has 0 fully saturated rings. The summed E-state index contributed by atoms with van der Waals surface area (Å²) in [6.45, 7) is 0. The number of hydrogen-bond donors (Lipinski definition) is 0. The van der Waals surface area contributed by atoms with Gasteiger partial charge in [-0.25, -0.2) is 9.97 Å².